The number of carboxylic acid groups (broad SMARTS) is 1. The van der Waals surface area contributed by atoms with Crippen LogP contribution in [0.15, 0.2) is 24.3 Å². The fourth-order valence-electron chi connectivity index (χ4n) is 5.12. The van der Waals surface area contributed by atoms with Crippen LogP contribution < -0.4 is 0 Å². The predicted molar refractivity (Wildman–Crippen MR) is 149 cm³/mol. The molecule has 10 nitrogen and oxygen atoms in total. The van der Waals surface area contributed by atoms with Gasteiger partial charge in [0.25, 0.3) is 5.91 Å². The van der Waals surface area contributed by atoms with E-state index in [0.717, 1.165) is 23.9 Å². The molecular formula is C29H44N4O6. The molecule has 1 aromatic heterocycles. The summed E-state index contributed by atoms with van der Waals surface area (Å²) < 4.78 is 12.7. The Bertz CT molecular complexity index is 1170. The van der Waals surface area contributed by atoms with Crippen LogP contribution in [0.2, 0.25) is 0 Å². The smallest absolute Gasteiger partial charge is 0.410 e. The first kappa shape index (κ1) is 30.4. The summed E-state index contributed by atoms with van der Waals surface area (Å²) in [6.45, 7) is 12.8. The largest absolute Gasteiger partial charge is 0.481 e. The molecule has 2 atom stereocenters. The molecular weight excluding hydrogens is 500 g/mol. The molecule has 216 valence electrons. The number of rotatable bonds is 10. The maximum absolute atomic E-state index is 14.3. The second-order valence-electron chi connectivity index (χ2n) is 12.2. The minimum Gasteiger partial charge on any atom is -0.481 e. The van der Waals surface area contributed by atoms with Crippen LogP contribution in [0.4, 0.5) is 4.79 Å². The topological polar surface area (TPSA) is 114 Å². The molecule has 2 aromatic rings. The lowest BCUT2D eigenvalue weighted by Crippen LogP contribution is -2.60. The predicted octanol–water partition coefficient (Wildman–Crippen LogP) is 4.66. The van der Waals surface area contributed by atoms with Crippen molar-refractivity contribution in [3.05, 3.63) is 30.1 Å². The number of aromatic nitrogens is 2. The van der Waals surface area contributed by atoms with E-state index in [4.69, 9.17) is 14.5 Å². The molecule has 1 aromatic carbocycles. The summed E-state index contributed by atoms with van der Waals surface area (Å²) in [6.07, 6.45) is 1.29. The van der Waals surface area contributed by atoms with Crippen molar-refractivity contribution in [1.29, 1.82) is 0 Å². The Hall–Kier alpha value is -3.14. The third-order valence-electron chi connectivity index (χ3n) is 6.91. The number of aliphatic carboxylic acids is 1. The summed E-state index contributed by atoms with van der Waals surface area (Å²) in [6, 6.07) is 7.13. The van der Waals surface area contributed by atoms with Crippen LogP contribution in [-0.2, 0) is 20.8 Å². The van der Waals surface area contributed by atoms with E-state index in [-0.39, 0.29) is 31.3 Å². The van der Waals surface area contributed by atoms with Gasteiger partial charge in [0.2, 0.25) is 0 Å². The number of aryl methyl sites for hydroxylation is 1. The Balaban J connectivity index is 2.01. The van der Waals surface area contributed by atoms with Gasteiger partial charge in [0.15, 0.2) is 5.82 Å². The zero-order valence-electron chi connectivity index (χ0n) is 24.4. The molecule has 1 saturated heterocycles. The fraction of sp³-hybridized carbons (Fsp3) is 0.655. The molecule has 3 rings (SSSR count). The number of likely N-dealkylation sites (tertiary alicyclic amines) is 1. The first-order valence-corrected chi connectivity index (χ1v) is 13.7. The van der Waals surface area contributed by atoms with Gasteiger partial charge in [0.05, 0.1) is 22.5 Å². The molecule has 1 aliphatic rings. The van der Waals surface area contributed by atoms with E-state index < -0.39 is 29.1 Å². The average molecular weight is 545 g/mol. The highest BCUT2D eigenvalue weighted by Gasteiger charge is 2.47. The highest BCUT2D eigenvalue weighted by molar-refractivity contribution is 5.95. The van der Waals surface area contributed by atoms with Gasteiger partial charge in [-0.1, -0.05) is 26.0 Å². The third kappa shape index (κ3) is 7.50. The van der Waals surface area contributed by atoms with Gasteiger partial charge < -0.3 is 28.9 Å². The number of nitrogens with zero attached hydrogens (tertiary/aromatic N) is 4. The van der Waals surface area contributed by atoms with Gasteiger partial charge in [-0.3, -0.25) is 9.59 Å². The van der Waals surface area contributed by atoms with Gasteiger partial charge >= 0.3 is 12.1 Å². The summed E-state index contributed by atoms with van der Waals surface area (Å²) in [7, 11) is 1.67. The zero-order valence-corrected chi connectivity index (χ0v) is 24.4. The molecule has 1 aliphatic heterocycles. The Morgan fingerprint density at radius 1 is 1.21 bits per heavy atom. The first-order valence-electron chi connectivity index (χ1n) is 13.7. The van der Waals surface area contributed by atoms with Crippen molar-refractivity contribution in [3.8, 4) is 0 Å². The van der Waals surface area contributed by atoms with Crippen molar-refractivity contribution in [3.63, 3.8) is 0 Å². The standard InChI is InChI=1S/C29H44N4O6/c1-20(2)17-33(21-16-29(6,26(35)36)19-31(18-21)27(37)39-28(3,4)5)25(34)24-30-22-12-8-9-13-23(22)32(24)14-10-11-15-38-7/h8-9,12-13,20-21H,10-11,14-19H2,1-7H3,(H,35,36). The van der Waals surface area contributed by atoms with Gasteiger partial charge in [0.1, 0.15) is 5.60 Å². The van der Waals surface area contributed by atoms with E-state index in [1.165, 1.54) is 4.90 Å². The van der Waals surface area contributed by atoms with Gasteiger partial charge in [-0.2, -0.15) is 0 Å². The van der Waals surface area contributed by atoms with Crippen LogP contribution in [0.1, 0.15) is 71.4 Å². The summed E-state index contributed by atoms with van der Waals surface area (Å²) in [4.78, 5) is 47.6. The second kappa shape index (κ2) is 12.4. The molecule has 1 fully saturated rings. The van der Waals surface area contributed by atoms with Gasteiger partial charge in [-0.25, -0.2) is 9.78 Å². The summed E-state index contributed by atoms with van der Waals surface area (Å²) in [5.74, 6) is -0.847. The Kier molecular flexibility index (Phi) is 9.64. The van der Waals surface area contributed by atoms with Crippen molar-refractivity contribution in [1.82, 2.24) is 19.4 Å². The van der Waals surface area contributed by atoms with Gasteiger partial charge in [0, 0.05) is 39.9 Å². The Morgan fingerprint density at radius 2 is 1.90 bits per heavy atom. The highest BCUT2D eigenvalue weighted by atomic mass is 16.6. The lowest BCUT2D eigenvalue weighted by atomic mass is 9.79. The van der Waals surface area contributed by atoms with Crippen molar-refractivity contribution < 1.29 is 29.0 Å². The number of hydrogen-bond donors (Lipinski definition) is 1. The molecule has 0 bridgehead atoms. The van der Waals surface area contributed by atoms with Crippen LogP contribution in [0.5, 0.6) is 0 Å². The molecule has 0 spiro atoms. The number of ether oxygens (including phenoxy) is 2. The van der Waals surface area contributed by atoms with Crippen molar-refractivity contribution in [2.45, 2.75) is 79.0 Å². The number of carboxylic acids is 1. The van der Waals surface area contributed by atoms with Crippen molar-refractivity contribution in [2.75, 3.05) is 33.4 Å². The number of benzene rings is 1. The number of hydrogen-bond acceptors (Lipinski definition) is 6. The van der Waals surface area contributed by atoms with Crippen LogP contribution in [-0.4, -0.2) is 87.4 Å². The molecule has 2 heterocycles. The van der Waals surface area contributed by atoms with Crippen LogP contribution in [0.3, 0.4) is 0 Å². The maximum Gasteiger partial charge on any atom is 0.410 e. The highest BCUT2D eigenvalue weighted by Crippen LogP contribution is 2.34. The maximum atomic E-state index is 14.3. The molecule has 1 N–H and O–H groups in total. The quantitative estimate of drug-likeness (QED) is 0.433. The van der Waals surface area contributed by atoms with Crippen LogP contribution in [0, 0.1) is 11.3 Å². The number of methoxy groups -OCH3 is 1. The molecule has 2 unspecified atom stereocenters. The first-order chi connectivity index (χ1) is 18.3. The summed E-state index contributed by atoms with van der Waals surface area (Å²) in [5, 5.41) is 10.1. The lowest BCUT2D eigenvalue weighted by Gasteiger charge is -2.46. The number of carbonyl (C=O) groups is 3. The molecule has 0 radical (unpaired) electrons. The number of para-hydroxylation sites is 2. The van der Waals surface area contributed by atoms with E-state index in [0.29, 0.717) is 25.5 Å². The number of fused-ring (bicyclic) bond motifs is 1. The molecule has 0 aliphatic carbocycles. The number of imidazole rings is 1. The van der Waals surface area contributed by atoms with Gasteiger partial charge in [-0.05, 0) is 65.0 Å². The minimum absolute atomic E-state index is 0.00939. The lowest BCUT2D eigenvalue weighted by molar-refractivity contribution is -0.152. The van der Waals surface area contributed by atoms with Crippen LogP contribution >= 0.6 is 0 Å². The van der Waals surface area contributed by atoms with Crippen molar-refractivity contribution in [2.24, 2.45) is 11.3 Å². The molecule has 2 amide bonds. The van der Waals surface area contributed by atoms with E-state index >= 15 is 0 Å². The van der Waals surface area contributed by atoms with E-state index in [1.54, 1.807) is 39.7 Å². The molecule has 39 heavy (non-hydrogen) atoms. The number of amides is 2. The SMILES string of the molecule is COCCCCn1c(C(=O)N(CC(C)C)C2CN(C(=O)OC(C)(C)C)CC(C)(C(=O)O)C2)nc2ccccc21. The summed E-state index contributed by atoms with van der Waals surface area (Å²) in [5.41, 5.74) is -0.371. The monoisotopic (exact) mass is 544 g/mol. The Morgan fingerprint density at radius 3 is 2.51 bits per heavy atom. The minimum atomic E-state index is -1.24. The van der Waals surface area contributed by atoms with E-state index in [1.807, 2.05) is 42.7 Å². The molecule has 10 heteroatoms. The average Bonchev–Trinajstić information content (AvgIpc) is 3.21. The number of piperidine rings is 1. The molecule has 0 saturated carbocycles. The van der Waals surface area contributed by atoms with E-state index in [9.17, 15) is 19.5 Å². The normalized spacial score (nSPS) is 19.9. The zero-order chi connectivity index (χ0) is 29.0. The van der Waals surface area contributed by atoms with Crippen LogP contribution in [0.25, 0.3) is 11.0 Å². The Labute approximate surface area is 231 Å². The second-order valence-corrected chi connectivity index (χ2v) is 12.2. The fourth-order valence-corrected chi connectivity index (χ4v) is 5.12. The van der Waals surface area contributed by atoms with Gasteiger partial charge in [-0.15, -0.1) is 0 Å². The third-order valence-corrected chi connectivity index (χ3v) is 6.91. The number of carbonyl (C=O) groups excluding carboxylic acids is 2. The van der Waals surface area contributed by atoms with Crippen molar-refractivity contribution >= 4 is 29.0 Å². The summed E-state index contributed by atoms with van der Waals surface area (Å²) >= 11 is 0. The van der Waals surface area contributed by atoms with E-state index in [2.05, 4.69) is 0 Å². The number of unbranched alkanes of at least 4 members (excludes halogenated alkanes) is 1.